The second kappa shape index (κ2) is 4.23. The lowest BCUT2D eigenvalue weighted by atomic mass is 9.96. The summed E-state index contributed by atoms with van der Waals surface area (Å²) in [6.45, 7) is 0.957. The van der Waals surface area contributed by atoms with Crippen molar-refractivity contribution in [2.75, 3.05) is 27.3 Å². The van der Waals surface area contributed by atoms with Crippen LogP contribution in [0.2, 0.25) is 0 Å². The molecule has 1 heterocycles. The fraction of sp³-hybridized carbons (Fsp3) is 0.750. The molecule has 74 valence electrons. The maximum Gasteiger partial charge on any atom is 0.310 e. The van der Waals surface area contributed by atoms with E-state index in [1.54, 1.807) is 0 Å². The van der Waals surface area contributed by atoms with Gasteiger partial charge in [-0.1, -0.05) is 0 Å². The van der Waals surface area contributed by atoms with Gasteiger partial charge in [-0.25, -0.2) is 0 Å². The number of hydrogen-bond acceptors (Lipinski definition) is 5. The average molecular weight is 187 g/mol. The van der Waals surface area contributed by atoms with Gasteiger partial charge in [-0.2, -0.15) is 0 Å². The van der Waals surface area contributed by atoms with Crippen LogP contribution in [0, 0.1) is 11.8 Å². The maximum atomic E-state index is 11.2. The topological polar surface area (TPSA) is 64.6 Å². The van der Waals surface area contributed by atoms with Gasteiger partial charge in [0.15, 0.2) is 0 Å². The highest BCUT2D eigenvalue weighted by molar-refractivity contribution is 5.83. The van der Waals surface area contributed by atoms with Crippen LogP contribution in [0.1, 0.15) is 0 Å². The van der Waals surface area contributed by atoms with Crippen LogP contribution >= 0.6 is 0 Å². The predicted octanol–water partition coefficient (Wildman–Crippen LogP) is -0.832. The summed E-state index contributed by atoms with van der Waals surface area (Å²) in [5.41, 5.74) is 0. The average Bonchev–Trinajstić information content (AvgIpc) is 2.63. The van der Waals surface area contributed by atoms with Crippen molar-refractivity contribution in [3.05, 3.63) is 0 Å². The minimum atomic E-state index is -0.405. The molecule has 0 aromatic carbocycles. The van der Waals surface area contributed by atoms with Crippen molar-refractivity contribution in [1.82, 2.24) is 5.32 Å². The molecule has 0 aromatic rings. The van der Waals surface area contributed by atoms with Gasteiger partial charge in [0.2, 0.25) is 0 Å². The number of ether oxygens (including phenoxy) is 2. The first kappa shape index (κ1) is 9.98. The molecular formula is C8H13NO4. The van der Waals surface area contributed by atoms with Crippen LogP contribution in [0.3, 0.4) is 0 Å². The summed E-state index contributed by atoms with van der Waals surface area (Å²) < 4.78 is 9.14. The SMILES string of the molecule is COC(=O)[C@H]1CNC[C@H]1C(=O)OC. The number of esters is 2. The molecule has 1 rings (SSSR count). The Morgan fingerprint density at radius 2 is 1.46 bits per heavy atom. The van der Waals surface area contributed by atoms with E-state index in [1.807, 2.05) is 0 Å². The molecule has 0 spiro atoms. The number of methoxy groups -OCH3 is 2. The quantitative estimate of drug-likeness (QED) is 0.571. The third-order valence-electron chi connectivity index (χ3n) is 2.22. The summed E-state index contributed by atoms with van der Waals surface area (Å²) in [6.07, 6.45) is 0. The molecule has 0 unspecified atom stereocenters. The molecule has 2 atom stereocenters. The van der Waals surface area contributed by atoms with E-state index in [0.717, 1.165) is 0 Å². The smallest absolute Gasteiger partial charge is 0.310 e. The van der Waals surface area contributed by atoms with E-state index < -0.39 is 11.8 Å². The highest BCUT2D eigenvalue weighted by atomic mass is 16.5. The van der Waals surface area contributed by atoms with Crippen molar-refractivity contribution in [3.8, 4) is 0 Å². The molecule has 0 aliphatic carbocycles. The summed E-state index contributed by atoms with van der Waals surface area (Å²) in [6, 6.07) is 0. The Balaban J connectivity index is 2.63. The molecular weight excluding hydrogens is 174 g/mol. The fourth-order valence-electron chi connectivity index (χ4n) is 1.48. The molecule has 0 bridgehead atoms. The molecule has 0 aromatic heterocycles. The Bertz CT molecular complexity index is 194. The third-order valence-corrected chi connectivity index (χ3v) is 2.22. The van der Waals surface area contributed by atoms with Gasteiger partial charge in [-0.15, -0.1) is 0 Å². The van der Waals surface area contributed by atoms with Gasteiger partial charge < -0.3 is 14.8 Å². The fourth-order valence-corrected chi connectivity index (χ4v) is 1.48. The van der Waals surface area contributed by atoms with Gasteiger partial charge in [0.25, 0.3) is 0 Å². The van der Waals surface area contributed by atoms with Gasteiger partial charge in [-0.05, 0) is 0 Å². The second-order valence-corrected chi connectivity index (χ2v) is 2.92. The summed E-state index contributed by atoms with van der Waals surface area (Å²) in [7, 11) is 2.63. The van der Waals surface area contributed by atoms with Crippen molar-refractivity contribution in [3.63, 3.8) is 0 Å². The first-order valence-corrected chi connectivity index (χ1v) is 4.07. The molecule has 1 aliphatic heterocycles. The lowest BCUT2D eigenvalue weighted by Gasteiger charge is -2.13. The minimum Gasteiger partial charge on any atom is -0.469 e. The third kappa shape index (κ3) is 1.98. The molecule has 5 heteroatoms. The van der Waals surface area contributed by atoms with Gasteiger partial charge in [-0.3, -0.25) is 9.59 Å². The second-order valence-electron chi connectivity index (χ2n) is 2.92. The monoisotopic (exact) mass is 187 g/mol. The predicted molar refractivity (Wildman–Crippen MR) is 43.9 cm³/mol. The van der Waals surface area contributed by atoms with Crippen LogP contribution in [0.4, 0.5) is 0 Å². The Kier molecular flexibility index (Phi) is 3.25. The molecule has 1 fully saturated rings. The summed E-state index contributed by atoms with van der Waals surface area (Å²) in [5, 5.41) is 2.95. The minimum absolute atomic E-state index is 0.361. The number of nitrogens with one attached hydrogen (secondary N) is 1. The molecule has 13 heavy (non-hydrogen) atoms. The Morgan fingerprint density at radius 1 is 1.08 bits per heavy atom. The van der Waals surface area contributed by atoms with Crippen LogP contribution in [0.25, 0.3) is 0 Å². The Morgan fingerprint density at radius 3 is 1.77 bits per heavy atom. The van der Waals surface area contributed by atoms with Crippen molar-refractivity contribution < 1.29 is 19.1 Å². The zero-order valence-electron chi connectivity index (χ0n) is 7.70. The lowest BCUT2D eigenvalue weighted by molar-refractivity contribution is -0.155. The van der Waals surface area contributed by atoms with E-state index >= 15 is 0 Å². The van der Waals surface area contributed by atoms with Crippen LogP contribution in [-0.2, 0) is 19.1 Å². The lowest BCUT2D eigenvalue weighted by Crippen LogP contribution is -2.30. The molecule has 1 aliphatic rings. The number of carbonyl (C=O) groups excluding carboxylic acids is 2. The van der Waals surface area contributed by atoms with Crippen molar-refractivity contribution >= 4 is 11.9 Å². The van der Waals surface area contributed by atoms with Crippen LogP contribution in [0.5, 0.6) is 0 Å². The molecule has 1 saturated heterocycles. The summed E-state index contributed by atoms with van der Waals surface area (Å²) >= 11 is 0. The number of hydrogen-bond donors (Lipinski definition) is 1. The largest absolute Gasteiger partial charge is 0.469 e. The van der Waals surface area contributed by atoms with E-state index in [-0.39, 0.29) is 11.9 Å². The normalized spacial score (nSPS) is 26.9. The van der Waals surface area contributed by atoms with Gasteiger partial charge in [0.1, 0.15) is 0 Å². The Hall–Kier alpha value is -1.10. The van der Waals surface area contributed by atoms with Crippen LogP contribution in [0.15, 0.2) is 0 Å². The molecule has 5 nitrogen and oxygen atoms in total. The van der Waals surface area contributed by atoms with Crippen LogP contribution in [-0.4, -0.2) is 39.2 Å². The van der Waals surface area contributed by atoms with E-state index in [9.17, 15) is 9.59 Å². The first-order valence-electron chi connectivity index (χ1n) is 4.07. The Labute approximate surface area is 76.4 Å². The van der Waals surface area contributed by atoms with E-state index in [1.165, 1.54) is 14.2 Å². The zero-order valence-corrected chi connectivity index (χ0v) is 7.70. The zero-order chi connectivity index (χ0) is 9.84. The molecule has 1 N–H and O–H groups in total. The molecule has 0 amide bonds. The number of rotatable bonds is 2. The van der Waals surface area contributed by atoms with Crippen molar-refractivity contribution in [2.24, 2.45) is 11.8 Å². The van der Waals surface area contributed by atoms with E-state index in [0.29, 0.717) is 13.1 Å². The van der Waals surface area contributed by atoms with Crippen LogP contribution < -0.4 is 5.32 Å². The summed E-state index contributed by atoms with van der Waals surface area (Å²) in [5.74, 6) is -1.53. The maximum absolute atomic E-state index is 11.2. The van der Waals surface area contributed by atoms with E-state index in [2.05, 4.69) is 14.8 Å². The van der Waals surface area contributed by atoms with Crippen molar-refractivity contribution in [1.29, 1.82) is 0 Å². The highest BCUT2D eigenvalue weighted by Gasteiger charge is 2.39. The number of carbonyl (C=O) groups is 2. The highest BCUT2D eigenvalue weighted by Crippen LogP contribution is 2.19. The van der Waals surface area contributed by atoms with Gasteiger partial charge in [0.05, 0.1) is 26.1 Å². The van der Waals surface area contributed by atoms with Gasteiger partial charge in [0, 0.05) is 13.1 Å². The summed E-state index contributed by atoms with van der Waals surface area (Å²) in [4.78, 5) is 22.3. The van der Waals surface area contributed by atoms with Crippen molar-refractivity contribution in [2.45, 2.75) is 0 Å². The standard InChI is InChI=1S/C8H13NO4/c1-12-7(10)5-3-9-4-6(5)8(11)13-2/h5-6,9H,3-4H2,1-2H3/t5-,6+. The first-order chi connectivity index (χ1) is 6.20. The van der Waals surface area contributed by atoms with Gasteiger partial charge >= 0.3 is 11.9 Å². The molecule has 0 saturated carbocycles. The molecule has 0 radical (unpaired) electrons. The van der Waals surface area contributed by atoms with E-state index in [4.69, 9.17) is 0 Å².